The molecule has 1 saturated carbocycles. The van der Waals surface area contributed by atoms with Crippen LogP contribution >= 0.6 is 15.9 Å². The molecule has 0 radical (unpaired) electrons. The summed E-state index contributed by atoms with van der Waals surface area (Å²) in [5.74, 6) is 1.86. The first-order valence-corrected chi connectivity index (χ1v) is 6.20. The second kappa shape index (κ2) is 4.35. The van der Waals surface area contributed by atoms with Gasteiger partial charge in [0.1, 0.15) is 5.75 Å². The third-order valence-electron chi connectivity index (χ3n) is 2.53. The van der Waals surface area contributed by atoms with Crippen molar-refractivity contribution in [3.8, 4) is 5.75 Å². The fourth-order valence-electron chi connectivity index (χ4n) is 1.45. The van der Waals surface area contributed by atoms with Crippen molar-refractivity contribution < 1.29 is 4.74 Å². The van der Waals surface area contributed by atoms with Crippen LogP contribution in [0.3, 0.4) is 0 Å². The number of hydrogen-bond acceptors (Lipinski definition) is 1. The van der Waals surface area contributed by atoms with Crippen molar-refractivity contribution in [3.05, 3.63) is 29.3 Å². The maximum Gasteiger partial charge on any atom is 0.123 e. The van der Waals surface area contributed by atoms with E-state index in [4.69, 9.17) is 4.74 Å². The van der Waals surface area contributed by atoms with E-state index in [1.54, 1.807) is 0 Å². The molecule has 0 aliphatic heterocycles. The lowest BCUT2D eigenvalue weighted by Gasteiger charge is -2.10. The molecule has 0 atom stereocenters. The molecule has 1 aliphatic carbocycles. The van der Waals surface area contributed by atoms with Crippen molar-refractivity contribution >= 4 is 15.9 Å². The Hall–Kier alpha value is -0.500. The van der Waals surface area contributed by atoms with E-state index in [0.717, 1.165) is 23.6 Å². The molecule has 1 aromatic carbocycles. The molecule has 0 bridgehead atoms. The van der Waals surface area contributed by atoms with Crippen LogP contribution in [0, 0.1) is 12.8 Å². The highest BCUT2D eigenvalue weighted by atomic mass is 79.9. The van der Waals surface area contributed by atoms with Gasteiger partial charge in [-0.05, 0) is 31.7 Å². The van der Waals surface area contributed by atoms with E-state index < -0.39 is 0 Å². The molecule has 0 saturated heterocycles. The fourth-order valence-corrected chi connectivity index (χ4v) is 1.88. The zero-order valence-electron chi connectivity index (χ0n) is 8.42. The standard InChI is InChI=1S/C12H15BrO/c1-9-2-5-12(11(6-9)7-13)14-8-10-3-4-10/h2,5-6,10H,3-4,7-8H2,1H3. The smallest absolute Gasteiger partial charge is 0.123 e. The molecule has 0 spiro atoms. The van der Waals surface area contributed by atoms with Crippen molar-refractivity contribution in [1.82, 2.24) is 0 Å². The van der Waals surface area contributed by atoms with E-state index in [1.807, 2.05) is 0 Å². The molecule has 0 heterocycles. The van der Waals surface area contributed by atoms with Crippen LogP contribution in [0.4, 0.5) is 0 Å². The van der Waals surface area contributed by atoms with Crippen molar-refractivity contribution in [2.45, 2.75) is 25.1 Å². The minimum Gasteiger partial charge on any atom is -0.493 e. The number of rotatable bonds is 4. The highest BCUT2D eigenvalue weighted by molar-refractivity contribution is 9.08. The summed E-state index contributed by atoms with van der Waals surface area (Å²) in [6, 6.07) is 6.36. The van der Waals surface area contributed by atoms with Gasteiger partial charge < -0.3 is 4.74 Å². The number of halogens is 1. The summed E-state index contributed by atoms with van der Waals surface area (Å²) < 4.78 is 5.78. The molecule has 2 rings (SSSR count). The Morgan fingerprint density at radius 2 is 2.21 bits per heavy atom. The quantitative estimate of drug-likeness (QED) is 0.746. The molecule has 0 unspecified atom stereocenters. The summed E-state index contributed by atoms with van der Waals surface area (Å²) >= 11 is 3.49. The summed E-state index contributed by atoms with van der Waals surface area (Å²) in [7, 11) is 0. The second-order valence-electron chi connectivity index (χ2n) is 4.00. The van der Waals surface area contributed by atoms with Crippen LogP contribution in [-0.2, 0) is 5.33 Å². The Morgan fingerprint density at radius 1 is 1.43 bits per heavy atom. The third-order valence-corrected chi connectivity index (χ3v) is 3.14. The fraction of sp³-hybridized carbons (Fsp3) is 0.500. The molecule has 0 amide bonds. The molecule has 1 aromatic rings. The van der Waals surface area contributed by atoms with Crippen LogP contribution in [0.1, 0.15) is 24.0 Å². The van der Waals surface area contributed by atoms with Gasteiger partial charge in [0, 0.05) is 10.9 Å². The Labute approximate surface area is 93.6 Å². The van der Waals surface area contributed by atoms with Crippen LogP contribution in [0.25, 0.3) is 0 Å². The van der Waals surface area contributed by atoms with Gasteiger partial charge in [-0.2, -0.15) is 0 Å². The van der Waals surface area contributed by atoms with E-state index in [1.165, 1.54) is 24.0 Å². The zero-order valence-corrected chi connectivity index (χ0v) is 10.0. The van der Waals surface area contributed by atoms with Gasteiger partial charge in [-0.15, -0.1) is 0 Å². The van der Waals surface area contributed by atoms with Gasteiger partial charge >= 0.3 is 0 Å². The molecule has 0 aromatic heterocycles. The summed E-state index contributed by atoms with van der Waals surface area (Å²) in [4.78, 5) is 0. The molecule has 1 fully saturated rings. The summed E-state index contributed by atoms with van der Waals surface area (Å²) in [6.07, 6.45) is 2.69. The van der Waals surface area contributed by atoms with E-state index in [-0.39, 0.29) is 0 Å². The molecular weight excluding hydrogens is 240 g/mol. The number of benzene rings is 1. The van der Waals surface area contributed by atoms with Gasteiger partial charge in [0.15, 0.2) is 0 Å². The highest BCUT2D eigenvalue weighted by Gasteiger charge is 2.22. The Kier molecular flexibility index (Phi) is 3.12. The Morgan fingerprint density at radius 3 is 2.86 bits per heavy atom. The predicted octanol–water partition coefficient (Wildman–Crippen LogP) is 3.68. The maximum absolute atomic E-state index is 5.78. The monoisotopic (exact) mass is 254 g/mol. The minimum atomic E-state index is 0.819. The van der Waals surface area contributed by atoms with Gasteiger partial charge in [0.05, 0.1) is 6.61 Å². The molecule has 14 heavy (non-hydrogen) atoms. The molecule has 1 nitrogen and oxygen atoms in total. The third kappa shape index (κ3) is 2.50. The summed E-state index contributed by atoms with van der Waals surface area (Å²) in [5.41, 5.74) is 2.55. The minimum absolute atomic E-state index is 0.819. The zero-order chi connectivity index (χ0) is 9.97. The average molecular weight is 255 g/mol. The summed E-state index contributed by atoms with van der Waals surface area (Å²) in [5, 5.41) is 0.870. The lowest BCUT2D eigenvalue weighted by Crippen LogP contribution is -2.01. The second-order valence-corrected chi connectivity index (χ2v) is 4.56. The van der Waals surface area contributed by atoms with E-state index in [0.29, 0.717) is 0 Å². The number of aryl methyl sites for hydroxylation is 1. The topological polar surface area (TPSA) is 9.23 Å². The van der Waals surface area contributed by atoms with Crippen LogP contribution in [-0.4, -0.2) is 6.61 Å². The lowest BCUT2D eigenvalue weighted by molar-refractivity contribution is 0.297. The van der Waals surface area contributed by atoms with Crippen molar-refractivity contribution in [2.24, 2.45) is 5.92 Å². The van der Waals surface area contributed by atoms with Crippen molar-refractivity contribution in [2.75, 3.05) is 6.61 Å². The maximum atomic E-state index is 5.78. The molecule has 0 N–H and O–H groups in total. The number of hydrogen-bond donors (Lipinski definition) is 0. The Bertz CT molecular complexity index is 318. The predicted molar refractivity (Wildman–Crippen MR) is 62.0 cm³/mol. The molecule has 76 valence electrons. The van der Waals surface area contributed by atoms with Gasteiger partial charge in [0.2, 0.25) is 0 Å². The van der Waals surface area contributed by atoms with Crippen LogP contribution < -0.4 is 4.74 Å². The first-order valence-electron chi connectivity index (χ1n) is 5.08. The first kappa shape index (κ1) is 10.0. The van der Waals surface area contributed by atoms with Crippen LogP contribution in [0.15, 0.2) is 18.2 Å². The number of ether oxygens (including phenoxy) is 1. The van der Waals surface area contributed by atoms with Crippen molar-refractivity contribution in [3.63, 3.8) is 0 Å². The van der Waals surface area contributed by atoms with E-state index in [9.17, 15) is 0 Å². The number of alkyl halides is 1. The first-order chi connectivity index (χ1) is 6.79. The molecular formula is C12H15BrO. The lowest BCUT2D eigenvalue weighted by atomic mass is 10.1. The molecule has 1 aliphatic rings. The van der Waals surface area contributed by atoms with E-state index in [2.05, 4.69) is 41.1 Å². The van der Waals surface area contributed by atoms with Crippen LogP contribution in [0.2, 0.25) is 0 Å². The van der Waals surface area contributed by atoms with Crippen molar-refractivity contribution in [1.29, 1.82) is 0 Å². The van der Waals surface area contributed by atoms with Gasteiger partial charge in [-0.25, -0.2) is 0 Å². The normalized spacial score (nSPS) is 15.6. The average Bonchev–Trinajstić information content (AvgIpc) is 2.99. The highest BCUT2D eigenvalue weighted by Crippen LogP contribution is 2.31. The van der Waals surface area contributed by atoms with Gasteiger partial charge in [-0.1, -0.05) is 33.6 Å². The van der Waals surface area contributed by atoms with Gasteiger partial charge in [0.25, 0.3) is 0 Å². The SMILES string of the molecule is Cc1ccc(OCC2CC2)c(CBr)c1. The van der Waals surface area contributed by atoms with E-state index >= 15 is 0 Å². The Balaban J connectivity index is 2.05. The van der Waals surface area contributed by atoms with Crippen LogP contribution in [0.5, 0.6) is 5.75 Å². The molecule has 2 heteroatoms. The largest absolute Gasteiger partial charge is 0.493 e. The van der Waals surface area contributed by atoms with Gasteiger partial charge in [-0.3, -0.25) is 0 Å². The summed E-state index contributed by atoms with van der Waals surface area (Å²) in [6.45, 7) is 3.00.